The number of aromatic nitrogens is 2. The van der Waals surface area contributed by atoms with Crippen molar-refractivity contribution in [3.8, 4) is 0 Å². The minimum Gasteiger partial charge on any atom is -0.481 e. The zero-order valence-corrected chi connectivity index (χ0v) is 10.9. The van der Waals surface area contributed by atoms with E-state index in [0.29, 0.717) is 0 Å². The van der Waals surface area contributed by atoms with Crippen molar-refractivity contribution in [2.45, 2.75) is 33.1 Å². The highest BCUT2D eigenvalue weighted by atomic mass is 16.4. The number of hydrogen-bond acceptors (Lipinski definition) is 4. The summed E-state index contributed by atoms with van der Waals surface area (Å²) in [5, 5.41) is 8.87. The molecule has 5 nitrogen and oxygen atoms in total. The SMILES string of the molecule is Cc1cc(N2CCCC(CC(=O)O)C2)nc(C)n1. The summed E-state index contributed by atoms with van der Waals surface area (Å²) in [5.41, 5.74) is 0.956. The van der Waals surface area contributed by atoms with Gasteiger partial charge in [-0.25, -0.2) is 9.97 Å². The van der Waals surface area contributed by atoms with Crippen molar-refractivity contribution in [1.82, 2.24) is 9.97 Å². The minimum atomic E-state index is -0.711. The van der Waals surface area contributed by atoms with Gasteiger partial charge in [-0.05, 0) is 32.6 Å². The van der Waals surface area contributed by atoms with Gasteiger partial charge in [0.2, 0.25) is 0 Å². The standard InChI is InChI=1S/C13H19N3O2/c1-9-6-12(15-10(2)14-9)16-5-3-4-11(8-16)7-13(17)18/h6,11H,3-5,7-8H2,1-2H3,(H,17,18). The molecule has 1 fully saturated rings. The van der Waals surface area contributed by atoms with Crippen molar-refractivity contribution >= 4 is 11.8 Å². The first-order valence-corrected chi connectivity index (χ1v) is 6.33. The summed E-state index contributed by atoms with van der Waals surface area (Å²) in [6.45, 7) is 5.57. The Labute approximate surface area is 107 Å². The van der Waals surface area contributed by atoms with E-state index in [1.165, 1.54) is 0 Å². The fourth-order valence-electron chi connectivity index (χ4n) is 2.55. The molecule has 0 spiro atoms. The van der Waals surface area contributed by atoms with Crippen molar-refractivity contribution in [3.63, 3.8) is 0 Å². The lowest BCUT2D eigenvalue weighted by molar-refractivity contribution is -0.138. The molecule has 0 aromatic carbocycles. The molecule has 0 aliphatic carbocycles. The molecule has 98 valence electrons. The Morgan fingerprint density at radius 3 is 2.94 bits per heavy atom. The summed E-state index contributed by atoms with van der Waals surface area (Å²) < 4.78 is 0. The number of aryl methyl sites for hydroxylation is 2. The quantitative estimate of drug-likeness (QED) is 0.884. The van der Waals surface area contributed by atoms with Crippen LogP contribution in [0.3, 0.4) is 0 Å². The lowest BCUT2D eigenvalue weighted by Gasteiger charge is -2.33. The molecule has 2 rings (SSSR count). The van der Waals surface area contributed by atoms with Crippen molar-refractivity contribution in [2.24, 2.45) is 5.92 Å². The molecule has 0 radical (unpaired) electrons. The van der Waals surface area contributed by atoms with Crippen molar-refractivity contribution in [3.05, 3.63) is 17.6 Å². The van der Waals surface area contributed by atoms with Crippen LogP contribution in [0.1, 0.15) is 30.8 Å². The second-order valence-electron chi connectivity index (χ2n) is 4.97. The van der Waals surface area contributed by atoms with Crippen LogP contribution < -0.4 is 4.90 Å². The second kappa shape index (κ2) is 5.33. The summed E-state index contributed by atoms with van der Waals surface area (Å²) in [6.07, 6.45) is 2.27. The summed E-state index contributed by atoms with van der Waals surface area (Å²) in [6, 6.07) is 1.97. The van der Waals surface area contributed by atoms with Gasteiger partial charge < -0.3 is 10.0 Å². The van der Waals surface area contributed by atoms with Gasteiger partial charge in [-0.3, -0.25) is 4.79 Å². The zero-order chi connectivity index (χ0) is 13.1. The minimum absolute atomic E-state index is 0.229. The highest BCUT2D eigenvalue weighted by Crippen LogP contribution is 2.24. The first kappa shape index (κ1) is 12.8. The van der Waals surface area contributed by atoms with Crippen LogP contribution in [-0.4, -0.2) is 34.1 Å². The van der Waals surface area contributed by atoms with E-state index in [1.54, 1.807) is 0 Å². The molecule has 18 heavy (non-hydrogen) atoms. The molecule has 1 N–H and O–H groups in total. The number of carboxylic acids is 1. The fraction of sp³-hybridized carbons (Fsp3) is 0.615. The number of carboxylic acid groups (broad SMARTS) is 1. The smallest absolute Gasteiger partial charge is 0.303 e. The number of carbonyl (C=O) groups is 1. The molecular weight excluding hydrogens is 230 g/mol. The van der Waals surface area contributed by atoms with E-state index in [9.17, 15) is 4.79 Å². The number of rotatable bonds is 3. The molecule has 0 amide bonds. The number of aliphatic carboxylic acids is 1. The largest absolute Gasteiger partial charge is 0.481 e. The van der Waals surface area contributed by atoms with Gasteiger partial charge in [0.25, 0.3) is 0 Å². The Morgan fingerprint density at radius 2 is 2.28 bits per heavy atom. The molecule has 1 aromatic heterocycles. The van der Waals surface area contributed by atoms with Crippen molar-refractivity contribution < 1.29 is 9.90 Å². The lowest BCUT2D eigenvalue weighted by Crippen LogP contribution is -2.37. The molecule has 5 heteroatoms. The third kappa shape index (κ3) is 3.18. The molecular formula is C13H19N3O2. The lowest BCUT2D eigenvalue weighted by atomic mass is 9.95. The van der Waals surface area contributed by atoms with Crippen LogP contribution in [0.5, 0.6) is 0 Å². The molecule has 1 aliphatic heterocycles. The predicted molar refractivity (Wildman–Crippen MR) is 68.7 cm³/mol. The summed E-state index contributed by atoms with van der Waals surface area (Å²) in [5.74, 6) is 1.21. The highest BCUT2D eigenvalue weighted by Gasteiger charge is 2.23. The van der Waals surface area contributed by atoms with Crippen LogP contribution in [0.4, 0.5) is 5.82 Å². The highest BCUT2D eigenvalue weighted by molar-refractivity contribution is 5.67. The Kier molecular flexibility index (Phi) is 3.79. The van der Waals surface area contributed by atoms with Gasteiger partial charge in [0.1, 0.15) is 11.6 Å². The van der Waals surface area contributed by atoms with E-state index >= 15 is 0 Å². The third-order valence-electron chi connectivity index (χ3n) is 3.26. The maximum Gasteiger partial charge on any atom is 0.303 e. The first-order chi connectivity index (χ1) is 8.54. The van der Waals surface area contributed by atoms with Gasteiger partial charge >= 0.3 is 5.97 Å². The summed E-state index contributed by atoms with van der Waals surface area (Å²) in [7, 11) is 0. The van der Waals surface area contributed by atoms with Gasteiger partial charge in [-0.1, -0.05) is 0 Å². The number of piperidine rings is 1. The molecule has 1 atom stereocenters. The van der Waals surface area contributed by atoms with E-state index in [1.807, 2.05) is 19.9 Å². The van der Waals surface area contributed by atoms with Gasteiger partial charge in [-0.2, -0.15) is 0 Å². The monoisotopic (exact) mass is 249 g/mol. The predicted octanol–water partition coefficient (Wildman–Crippen LogP) is 1.78. The molecule has 1 unspecified atom stereocenters. The Balaban J connectivity index is 2.10. The van der Waals surface area contributed by atoms with Crippen LogP contribution in [0.2, 0.25) is 0 Å². The van der Waals surface area contributed by atoms with Gasteiger partial charge in [0.15, 0.2) is 0 Å². The van der Waals surface area contributed by atoms with E-state index in [2.05, 4.69) is 14.9 Å². The van der Waals surface area contributed by atoms with Gasteiger partial charge in [0, 0.05) is 31.3 Å². The number of anilines is 1. The summed E-state index contributed by atoms with van der Waals surface area (Å²) >= 11 is 0. The Bertz CT molecular complexity index is 428. The number of nitrogens with zero attached hydrogens (tertiary/aromatic N) is 3. The maximum absolute atomic E-state index is 10.8. The molecule has 1 saturated heterocycles. The Hall–Kier alpha value is -1.65. The van der Waals surface area contributed by atoms with Gasteiger partial charge in [0.05, 0.1) is 0 Å². The zero-order valence-electron chi connectivity index (χ0n) is 10.9. The van der Waals surface area contributed by atoms with Crippen molar-refractivity contribution in [2.75, 3.05) is 18.0 Å². The maximum atomic E-state index is 10.8. The van der Waals surface area contributed by atoms with Crippen LogP contribution in [0.15, 0.2) is 6.07 Å². The molecule has 2 heterocycles. The second-order valence-corrected chi connectivity index (χ2v) is 4.97. The van der Waals surface area contributed by atoms with Gasteiger partial charge in [-0.15, -0.1) is 0 Å². The fourth-order valence-corrected chi connectivity index (χ4v) is 2.55. The van der Waals surface area contributed by atoms with Crippen LogP contribution in [0.25, 0.3) is 0 Å². The molecule has 1 aliphatic rings. The number of hydrogen-bond donors (Lipinski definition) is 1. The van der Waals surface area contributed by atoms with Crippen LogP contribution in [-0.2, 0) is 4.79 Å². The summed E-state index contributed by atoms with van der Waals surface area (Å²) in [4.78, 5) is 21.7. The molecule has 0 bridgehead atoms. The Morgan fingerprint density at radius 1 is 1.50 bits per heavy atom. The van der Waals surface area contributed by atoms with Crippen LogP contribution in [0, 0.1) is 19.8 Å². The van der Waals surface area contributed by atoms with E-state index in [4.69, 9.17) is 5.11 Å². The molecule has 0 saturated carbocycles. The average Bonchev–Trinajstić information content (AvgIpc) is 2.27. The van der Waals surface area contributed by atoms with Crippen molar-refractivity contribution in [1.29, 1.82) is 0 Å². The van der Waals surface area contributed by atoms with Crippen LogP contribution >= 0.6 is 0 Å². The van der Waals surface area contributed by atoms with E-state index in [0.717, 1.165) is 43.3 Å². The topological polar surface area (TPSA) is 66.3 Å². The van der Waals surface area contributed by atoms with E-state index in [-0.39, 0.29) is 12.3 Å². The molecule has 1 aromatic rings. The van der Waals surface area contributed by atoms with E-state index < -0.39 is 5.97 Å². The first-order valence-electron chi connectivity index (χ1n) is 6.33. The third-order valence-corrected chi connectivity index (χ3v) is 3.26. The average molecular weight is 249 g/mol. The normalized spacial score (nSPS) is 19.9.